The van der Waals surface area contributed by atoms with E-state index < -0.39 is 11.7 Å². The molecule has 2 aromatic heterocycles. The van der Waals surface area contributed by atoms with Gasteiger partial charge in [-0.1, -0.05) is 28.0 Å². The van der Waals surface area contributed by atoms with Crippen molar-refractivity contribution in [1.29, 1.82) is 0 Å². The standard InChI is InChI=1S/C23H19FN6O2S2/c24-12-3-1-2-10(6-12)20-19(27-23(26)33-20)22(32)30-13(7-11-8-16(11)30)9-15-14(21(25)31)4-5-17-18(15)28-29-34-17/h1-6,11,13,16H,7-9H2,(H2,25,31)(H2,26,27)/t11-,13+,16+/m1/s1. The van der Waals surface area contributed by atoms with E-state index in [2.05, 4.69) is 14.6 Å². The number of likely N-dealkylation sites (tertiary alicyclic amines) is 1. The number of carbonyl (C=O) groups is 2. The molecule has 8 nitrogen and oxygen atoms in total. The van der Waals surface area contributed by atoms with Gasteiger partial charge in [-0.05, 0) is 72.1 Å². The summed E-state index contributed by atoms with van der Waals surface area (Å²) in [5.74, 6) is -0.751. The number of amides is 2. The van der Waals surface area contributed by atoms with Crippen LogP contribution >= 0.6 is 22.9 Å². The van der Waals surface area contributed by atoms with Crippen molar-refractivity contribution in [2.75, 3.05) is 5.73 Å². The van der Waals surface area contributed by atoms with Crippen LogP contribution in [0, 0.1) is 11.7 Å². The molecule has 3 heterocycles. The number of nitrogens with two attached hydrogens (primary N) is 2. The van der Waals surface area contributed by atoms with Gasteiger partial charge in [0.1, 0.15) is 17.0 Å². The number of hydrogen-bond acceptors (Lipinski definition) is 8. The third-order valence-corrected chi connectivity index (χ3v) is 8.23. The minimum Gasteiger partial charge on any atom is -0.375 e. The molecule has 2 aliphatic rings. The predicted octanol–water partition coefficient (Wildman–Crippen LogP) is 3.48. The van der Waals surface area contributed by atoms with Gasteiger partial charge in [0.25, 0.3) is 5.91 Å². The maximum Gasteiger partial charge on any atom is 0.274 e. The first-order chi connectivity index (χ1) is 16.4. The maximum atomic E-state index is 13.9. The lowest BCUT2D eigenvalue weighted by Gasteiger charge is -2.28. The largest absolute Gasteiger partial charge is 0.375 e. The Kier molecular flexibility index (Phi) is 4.85. The van der Waals surface area contributed by atoms with Crippen molar-refractivity contribution in [3.8, 4) is 10.4 Å². The Hall–Kier alpha value is -3.44. The molecule has 6 rings (SSSR count). The summed E-state index contributed by atoms with van der Waals surface area (Å²) in [5.41, 5.74) is 14.2. The molecule has 1 saturated carbocycles. The first kappa shape index (κ1) is 21.1. The second-order valence-corrected chi connectivity index (χ2v) is 10.5. The number of nitrogens with zero attached hydrogens (tertiary/aromatic N) is 4. The second-order valence-electron chi connectivity index (χ2n) is 8.68. The van der Waals surface area contributed by atoms with Crippen molar-refractivity contribution in [2.24, 2.45) is 11.7 Å². The fourth-order valence-corrected chi connectivity index (χ4v) is 6.47. The number of aromatic nitrogens is 3. The van der Waals surface area contributed by atoms with Crippen LogP contribution in [-0.4, -0.2) is 43.4 Å². The summed E-state index contributed by atoms with van der Waals surface area (Å²) in [7, 11) is 0. The van der Waals surface area contributed by atoms with Gasteiger partial charge < -0.3 is 16.4 Å². The molecule has 1 aliphatic carbocycles. The van der Waals surface area contributed by atoms with E-state index in [-0.39, 0.29) is 28.8 Å². The molecule has 0 unspecified atom stereocenters. The number of thiazole rings is 1. The molecular weight excluding hydrogens is 475 g/mol. The van der Waals surface area contributed by atoms with Crippen LogP contribution < -0.4 is 11.5 Å². The van der Waals surface area contributed by atoms with Crippen LogP contribution in [0.5, 0.6) is 0 Å². The molecule has 4 N–H and O–H groups in total. The van der Waals surface area contributed by atoms with E-state index in [1.807, 2.05) is 4.90 Å². The number of nitrogen functional groups attached to an aromatic ring is 1. The zero-order valence-electron chi connectivity index (χ0n) is 17.8. The van der Waals surface area contributed by atoms with E-state index in [0.29, 0.717) is 39.4 Å². The lowest BCUT2D eigenvalue weighted by atomic mass is 9.96. The summed E-state index contributed by atoms with van der Waals surface area (Å²) >= 11 is 2.42. The molecule has 2 aromatic carbocycles. The zero-order chi connectivity index (χ0) is 23.6. The number of hydrogen-bond donors (Lipinski definition) is 2. The van der Waals surface area contributed by atoms with E-state index in [1.54, 1.807) is 24.3 Å². The number of halogens is 1. The number of rotatable bonds is 5. The molecule has 1 saturated heterocycles. The van der Waals surface area contributed by atoms with Crippen molar-refractivity contribution in [3.63, 3.8) is 0 Å². The summed E-state index contributed by atoms with van der Waals surface area (Å²) in [6.07, 6.45) is 2.19. The fraction of sp³-hybridized carbons (Fsp3) is 0.261. The van der Waals surface area contributed by atoms with Gasteiger partial charge in [0.05, 0.1) is 9.58 Å². The third-order valence-electron chi connectivity index (χ3n) is 6.61. The first-order valence-corrected chi connectivity index (χ1v) is 12.4. The van der Waals surface area contributed by atoms with Crippen LogP contribution in [0.4, 0.5) is 9.52 Å². The Morgan fingerprint density at radius 1 is 1.21 bits per heavy atom. The minimum atomic E-state index is -0.536. The number of anilines is 1. The Bertz CT molecular complexity index is 1470. The number of carbonyl (C=O) groups excluding carboxylic acids is 2. The molecule has 172 valence electrons. The summed E-state index contributed by atoms with van der Waals surface area (Å²) in [6, 6.07) is 9.52. The molecule has 0 radical (unpaired) electrons. The Balaban J connectivity index is 1.38. The van der Waals surface area contributed by atoms with Gasteiger partial charge in [-0.2, -0.15) is 0 Å². The number of primary amides is 1. The number of piperidine rings is 1. The molecule has 4 aromatic rings. The predicted molar refractivity (Wildman–Crippen MR) is 128 cm³/mol. The summed E-state index contributed by atoms with van der Waals surface area (Å²) in [5, 5.41) is 4.47. The first-order valence-electron chi connectivity index (χ1n) is 10.8. The van der Waals surface area contributed by atoms with Crippen LogP contribution in [0.15, 0.2) is 36.4 Å². The molecule has 11 heteroatoms. The summed E-state index contributed by atoms with van der Waals surface area (Å²) < 4.78 is 18.8. The van der Waals surface area contributed by atoms with E-state index >= 15 is 0 Å². The van der Waals surface area contributed by atoms with Gasteiger partial charge in [-0.3, -0.25) is 9.59 Å². The van der Waals surface area contributed by atoms with E-state index in [9.17, 15) is 14.0 Å². The fourth-order valence-electron chi connectivity index (χ4n) is 5.06. The van der Waals surface area contributed by atoms with Gasteiger partial charge in [0.15, 0.2) is 5.13 Å². The minimum absolute atomic E-state index is 0.116. The molecule has 0 bridgehead atoms. The molecule has 2 amide bonds. The van der Waals surface area contributed by atoms with Crippen LogP contribution in [0.25, 0.3) is 20.7 Å². The molecule has 34 heavy (non-hydrogen) atoms. The van der Waals surface area contributed by atoms with Crippen LogP contribution in [0.2, 0.25) is 0 Å². The number of benzene rings is 2. The average Bonchev–Trinajstić information content (AvgIpc) is 3.16. The van der Waals surface area contributed by atoms with Gasteiger partial charge in [0.2, 0.25) is 5.91 Å². The third kappa shape index (κ3) is 3.43. The number of fused-ring (bicyclic) bond motifs is 2. The van der Waals surface area contributed by atoms with Crippen molar-refractivity contribution in [1.82, 2.24) is 19.5 Å². The highest BCUT2D eigenvalue weighted by atomic mass is 32.1. The molecular formula is C23H19FN6O2S2. The van der Waals surface area contributed by atoms with E-state index in [1.165, 1.54) is 35.0 Å². The highest BCUT2D eigenvalue weighted by molar-refractivity contribution is 7.19. The van der Waals surface area contributed by atoms with Gasteiger partial charge in [-0.25, -0.2) is 9.37 Å². The molecule has 0 spiro atoms. The molecule has 2 fully saturated rings. The maximum absolute atomic E-state index is 13.9. The van der Waals surface area contributed by atoms with Crippen LogP contribution in [0.3, 0.4) is 0 Å². The van der Waals surface area contributed by atoms with Gasteiger partial charge >= 0.3 is 0 Å². The average molecular weight is 495 g/mol. The van der Waals surface area contributed by atoms with Crippen molar-refractivity contribution in [3.05, 3.63) is 59.0 Å². The van der Waals surface area contributed by atoms with Crippen LogP contribution in [0.1, 0.15) is 39.3 Å². The second kappa shape index (κ2) is 7.81. The molecule has 3 atom stereocenters. The summed E-state index contributed by atoms with van der Waals surface area (Å²) in [4.78, 5) is 32.7. The Labute approximate surface area is 201 Å². The monoisotopic (exact) mass is 494 g/mol. The topological polar surface area (TPSA) is 128 Å². The van der Waals surface area contributed by atoms with E-state index in [0.717, 1.165) is 17.5 Å². The van der Waals surface area contributed by atoms with Crippen molar-refractivity contribution < 1.29 is 14.0 Å². The zero-order valence-corrected chi connectivity index (χ0v) is 19.4. The van der Waals surface area contributed by atoms with Gasteiger partial charge in [0, 0.05) is 17.6 Å². The van der Waals surface area contributed by atoms with Crippen molar-refractivity contribution in [2.45, 2.75) is 31.3 Å². The van der Waals surface area contributed by atoms with E-state index in [4.69, 9.17) is 11.5 Å². The summed E-state index contributed by atoms with van der Waals surface area (Å²) in [6.45, 7) is 0. The highest BCUT2D eigenvalue weighted by Gasteiger charge is 2.54. The van der Waals surface area contributed by atoms with Crippen LogP contribution in [-0.2, 0) is 6.42 Å². The van der Waals surface area contributed by atoms with Gasteiger partial charge in [-0.15, -0.1) is 5.10 Å². The Morgan fingerprint density at radius 3 is 2.85 bits per heavy atom. The lowest BCUT2D eigenvalue weighted by Crippen LogP contribution is -2.40. The molecule has 1 aliphatic heterocycles. The normalized spacial score (nSPS) is 21.1. The Morgan fingerprint density at radius 2 is 2.06 bits per heavy atom. The van der Waals surface area contributed by atoms with Crippen molar-refractivity contribution >= 4 is 50.0 Å². The quantitative estimate of drug-likeness (QED) is 0.437. The SMILES string of the molecule is NC(=O)c1ccc2snnc2c1C[C@@H]1C[C@@H]2C[C@@H]2N1C(=O)c1nc(N)sc1-c1cccc(F)c1. The highest BCUT2D eigenvalue weighted by Crippen LogP contribution is 2.50. The smallest absolute Gasteiger partial charge is 0.274 e. The lowest BCUT2D eigenvalue weighted by molar-refractivity contribution is 0.0696.